The van der Waals surface area contributed by atoms with E-state index >= 15 is 0 Å². The van der Waals surface area contributed by atoms with E-state index in [0.29, 0.717) is 0 Å². The lowest BCUT2D eigenvalue weighted by Crippen LogP contribution is -1.97. The molecule has 0 saturated carbocycles. The Morgan fingerprint density at radius 3 is 2.92 bits per heavy atom. The van der Waals surface area contributed by atoms with Crippen molar-refractivity contribution in [2.75, 3.05) is 0 Å². The fraction of sp³-hybridized carbons (Fsp3) is 0.375. The molecule has 0 aliphatic heterocycles. The summed E-state index contributed by atoms with van der Waals surface area (Å²) in [5.41, 5.74) is 0. The van der Waals surface area contributed by atoms with Crippen LogP contribution in [0.3, 0.4) is 0 Å². The molecule has 0 aliphatic carbocycles. The van der Waals surface area contributed by atoms with E-state index in [4.69, 9.17) is 0 Å². The van der Waals surface area contributed by atoms with Gasteiger partial charge >= 0.3 is 0 Å². The second kappa shape index (κ2) is 3.26. The van der Waals surface area contributed by atoms with Gasteiger partial charge in [0.1, 0.15) is 10.8 Å². The zero-order valence-electron chi connectivity index (χ0n) is 7.56. The molecule has 2 heterocycles. The molecule has 0 atom stereocenters. The van der Waals surface area contributed by atoms with Gasteiger partial charge in [0.05, 0.1) is 0 Å². The highest BCUT2D eigenvalue weighted by Crippen LogP contribution is 2.15. The first-order valence-electron chi connectivity index (χ1n) is 4.14. The molecule has 0 radical (unpaired) electrons. The van der Waals surface area contributed by atoms with Crippen molar-refractivity contribution in [3.05, 3.63) is 23.2 Å². The Hall–Kier alpha value is -1.23. The largest absolute Gasteiger partial charge is 0.278 e. The van der Waals surface area contributed by atoms with Gasteiger partial charge < -0.3 is 0 Å². The van der Waals surface area contributed by atoms with Gasteiger partial charge in [-0.15, -0.1) is 10.2 Å². The van der Waals surface area contributed by atoms with Crippen LogP contribution in [0.5, 0.6) is 0 Å². The maximum Gasteiger partial charge on any atom is 0.217 e. The summed E-state index contributed by atoms with van der Waals surface area (Å²) in [6.45, 7) is 4.02. The summed E-state index contributed by atoms with van der Waals surface area (Å²) in [6, 6.07) is 0. The van der Waals surface area contributed by atoms with Crippen molar-refractivity contribution < 1.29 is 0 Å². The predicted octanol–water partition coefficient (Wildman–Crippen LogP) is 1.59. The Morgan fingerprint density at radius 1 is 1.46 bits per heavy atom. The first kappa shape index (κ1) is 8.37. The van der Waals surface area contributed by atoms with Gasteiger partial charge in [-0.2, -0.15) is 0 Å². The summed E-state index contributed by atoms with van der Waals surface area (Å²) in [5, 5.41) is 9.90. The minimum Gasteiger partial charge on any atom is -0.278 e. The van der Waals surface area contributed by atoms with E-state index < -0.39 is 0 Å². The number of imidazole rings is 1. The molecular formula is C8H10N4S. The van der Waals surface area contributed by atoms with E-state index in [1.165, 1.54) is 0 Å². The van der Waals surface area contributed by atoms with Gasteiger partial charge in [-0.05, 0) is 6.92 Å². The Labute approximate surface area is 80.3 Å². The molecule has 2 aromatic rings. The SMILES string of the molecule is CCc1nccn1-c1nnc(C)s1. The maximum atomic E-state index is 4.22. The molecule has 0 spiro atoms. The van der Waals surface area contributed by atoms with Gasteiger partial charge in [0, 0.05) is 18.8 Å². The van der Waals surface area contributed by atoms with Crippen molar-refractivity contribution in [3.8, 4) is 5.13 Å². The molecule has 0 aromatic carbocycles. The number of aryl methyl sites for hydroxylation is 2. The van der Waals surface area contributed by atoms with Gasteiger partial charge in [-0.3, -0.25) is 4.57 Å². The lowest BCUT2D eigenvalue weighted by molar-refractivity contribution is 0.863. The number of rotatable bonds is 2. The van der Waals surface area contributed by atoms with Gasteiger partial charge in [0.15, 0.2) is 0 Å². The molecule has 0 N–H and O–H groups in total. The lowest BCUT2D eigenvalue weighted by atomic mass is 10.5. The third kappa shape index (κ3) is 1.47. The Morgan fingerprint density at radius 2 is 2.31 bits per heavy atom. The van der Waals surface area contributed by atoms with Crippen LogP contribution < -0.4 is 0 Å². The summed E-state index contributed by atoms with van der Waals surface area (Å²) in [4.78, 5) is 4.22. The number of hydrogen-bond acceptors (Lipinski definition) is 4. The average molecular weight is 194 g/mol. The quantitative estimate of drug-likeness (QED) is 0.729. The second-order valence-corrected chi connectivity index (χ2v) is 3.83. The first-order valence-corrected chi connectivity index (χ1v) is 4.95. The van der Waals surface area contributed by atoms with Gasteiger partial charge in [0.25, 0.3) is 0 Å². The molecule has 4 nitrogen and oxygen atoms in total. The van der Waals surface area contributed by atoms with E-state index in [-0.39, 0.29) is 0 Å². The van der Waals surface area contributed by atoms with Crippen LogP contribution in [-0.2, 0) is 6.42 Å². The number of nitrogens with zero attached hydrogens (tertiary/aromatic N) is 4. The van der Waals surface area contributed by atoms with Crippen LogP contribution in [0, 0.1) is 6.92 Å². The van der Waals surface area contributed by atoms with Crippen LogP contribution in [0.1, 0.15) is 17.8 Å². The van der Waals surface area contributed by atoms with Crippen molar-refractivity contribution in [2.45, 2.75) is 20.3 Å². The molecule has 0 unspecified atom stereocenters. The van der Waals surface area contributed by atoms with E-state index in [1.54, 1.807) is 17.5 Å². The van der Waals surface area contributed by atoms with E-state index in [1.807, 2.05) is 17.7 Å². The maximum absolute atomic E-state index is 4.22. The summed E-state index contributed by atoms with van der Waals surface area (Å²) in [5.74, 6) is 1.02. The molecule has 0 saturated heterocycles. The van der Waals surface area contributed by atoms with Crippen molar-refractivity contribution in [1.82, 2.24) is 19.7 Å². The molecular weight excluding hydrogens is 184 g/mol. The summed E-state index contributed by atoms with van der Waals surface area (Å²) in [7, 11) is 0. The van der Waals surface area contributed by atoms with Crippen LogP contribution in [0.2, 0.25) is 0 Å². The van der Waals surface area contributed by atoms with Crippen LogP contribution in [0.4, 0.5) is 0 Å². The standard InChI is InChI=1S/C8H10N4S/c1-3-7-9-4-5-12(7)8-11-10-6(2)13-8/h4-5H,3H2,1-2H3. The predicted molar refractivity (Wildman–Crippen MR) is 51.1 cm³/mol. The number of hydrogen-bond donors (Lipinski definition) is 0. The van der Waals surface area contributed by atoms with Crippen molar-refractivity contribution in [3.63, 3.8) is 0 Å². The Kier molecular flexibility index (Phi) is 2.10. The highest BCUT2D eigenvalue weighted by atomic mass is 32.1. The van der Waals surface area contributed by atoms with Crippen molar-refractivity contribution >= 4 is 11.3 Å². The normalized spacial score (nSPS) is 10.6. The van der Waals surface area contributed by atoms with E-state index in [9.17, 15) is 0 Å². The second-order valence-electron chi connectivity index (χ2n) is 2.67. The molecule has 0 aliphatic rings. The summed E-state index contributed by atoms with van der Waals surface area (Å²) >= 11 is 1.58. The minimum atomic E-state index is 0.895. The third-order valence-corrected chi connectivity index (χ3v) is 2.59. The topological polar surface area (TPSA) is 43.6 Å². The van der Waals surface area contributed by atoms with Crippen LogP contribution in [0.25, 0.3) is 5.13 Å². The Balaban J connectivity index is 2.45. The van der Waals surface area contributed by atoms with E-state index in [2.05, 4.69) is 22.1 Å². The van der Waals surface area contributed by atoms with Gasteiger partial charge in [-0.1, -0.05) is 18.3 Å². The Bertz CT molecular complexity index is 404. The fourth-order valence-corrected chi connectivity index (χ4v) is 1.85. The zero-order chi connectivity index (χ0) is 9.26. The molecule has 0 bridgehead atoms. The van der Waals surface area contributed by atoms with Crippen molar-refractivity contribution in [2.24, 2.45) is 0 Å². The lowest BCUT2D eigenvalue weighted by Gasteiger charge is -1.98. The molecule has 13 heavy (non-hydrogen) atoms. The molecule has 2 aromatic heterocycles. The van der Waals surface area contributed by atoms with Crippen LogP contribution in [0.15, 0.2) is 12.4 Å². The molecule has 5 heteroatoms. The average Bonchev–Trinajstić information content (AvgIpc) is 2.71. The number of aromatic nitrogens is 4. The molecule has 0 amide bonds. The summed E-state index contributed by atoms with van der Waals surface area (Å²) < 4.78 is 1.98. The fourth-order valence-electron chi connectivity index (χ4n) is 1.15. The van der Waals surface area contributed by atoms with Gasteiger partial charge in [-0.25, -0.2) is 4.98 Å². The van der Waals surface area contributed by atoms with Crippen molar-refractivity contribution in [1.29, 1.82) is 0 Å². The monoisotopic (exact) mass is 194 g/mol. The minimum absolute atomic E-state index is 0.895. The molecule has 68 valence electrons. The van der Waals surface area contributed by atoms with Crippen LogP contribution >= 0.6 is 11.3 Å². The highest BCUT2D eigenvalue weighted by Gasteiger charge is 2.06. The third-order valence-electron chi connectivity index (χ3n) is 1.76. The zero-order valence-corrected chi connectivity index (χ0v) is 8.38. The molecule has 2 rings (SSSR count). The van der Waals surface area contributed by atoms with E-state index in [0.717, 1.165) is 22.4 Å². The van der Waals surface area contributed by atoms with Gasteiger partial charge in [0.2, 0.25) is 5.13 Å². The summed E-state index contributed by atoms with van der Waals surface area (Å²) in [6.07, 6.45) is 4.61. The molecule has 0 fully saturated rings. The smallest absolute Gasteiger partial charge is 0.217 e. The highest BCUT2D eigenvalue weighted by molar-refractivity contribution is 7.13. The van der Waals surface area contributed by atoms with Crippen LogP contribution in [-0.4, -0.2) is 19.7 Å². The first-order chi connectivity index (χ1) is 6.31.